The summed E-state index contributed by atoms with van der Waals surface area (Å²) in [6.07, 6.45) is 0. The third kappa shape index (κ3) is 2.91. The zero-order chi connectivity index (χ0) is 14.7. The average molecular weight is 290 g/mol. The summed E-state index contributed by atoms with van der Waals surface area (Å²) in [6, 6.07) is 28.4. The Morgan fingerprint density at radius 2 is 0.952 bits per heavy atom. The van der Waals surface area contributed by atoms with Gasteiger partial charge in [-0.3, -0.25) is 0 Å². The van der Waals surface area contributed by atoms with Gasteiger partial charge in [0.15, 0.2) is 0 Å². The minimum absolute atomic E-state index is 0.488. The van der Waals surface area contributed by atoms with Gasteiger partial charge in [-0.1, -0.05) is 78.9 Å². The van der Waals surface area contributed by atoms with Gasteiger partial charge in [0.1, 0.15) is 0 Å². The van der Waals surface area contributed by atoms with Crippen molar-refractivity contribution in [1.29, 1.82) is 0 Å². The molecule has 0 aliphatic carbocycles. The molecular weight excluding hydrogens is 271 g/mol. The molecule has 0 aliphatic rings. The van der Waals surface area contributed by atoms with Crippen LogP contribution in [0.25, 0.3) is 0 Å². The molecule has 0 unspecified atom stereocenters. The van der Waals surface area contributed by atoms with Crippen LogP contribution >= 0.6 is 7.92 Å². The first kappa shape index (κ1) is 14.0. The number of aryl methyl sites for hydroxylation is 2. The summed E-state index contributed by atoms with van der Waals surface area (Å²) < 4.78 is 0. The molecule has 21 heavy (non-hydrogen) atoms. The Morgan fingerprint density at radius 3 is 1.38 bits per heavy atom. The van der Waals surface area contributed by atoms with E-state index in [1.165, 1.54) is 27.0 Å². The monoisotopic (exact) mass is 290 g/mol. The molecule has 0 amide bonds. The molecule has 0 heterocycles. The summed E-state index contributed by atoms with van der Waals surface area (Å²) in [7, 11) is -0.488. The standard InChI is InChI=1S/C20H19P/c1-16-10-9-11-17(2)20(16)21(18-12-5-3-6-13-18)19-14-7-4-8-15-19/h3-15H,1-2H3. The molecule has 0 fully saturated rings. The highest BCUT2D eigenvalue weighted by molar-refractivity contribution is 7.80. The lowest BCUT2D eigenvalue weighted by molar-refractivity contribution is 1.43. The molecule has 0 bridgehead atoms. The molecule has 3 aromatic rings. The molecule has 1 heteroatoms. The average Bonchev–Trinajstić information content (AvgIpc) is 2.53. The summed E-state index contributed by atoms with van der Waals surface area (Å²) >= 11 is 0. The van der Waals surface area contributed by atoms with Gasteiger partial charge in [0, 0.05) is 0 Å². The SMILES string of the molecule is Cc1cccc(C)c1P(c1ccccc1)c1ccccc1. The Morgan fingerprint density at radius 1 is 0.524 bits per heavy atom. The zero-order valence-corrected chi connectivity index (χ0v) is 13.3. The normalized spacial score (nSPS) is 10.8. The van der Waals surface area contributed by atoms with Gasteiger partial charge in [0.2, 0.25) is 0 Å². The fourth-order valence-electron chi connectivity index (χ4n) is 2.72. The smallest absolute Gasteiger partial charge is 0.00926 e. The topological polar surface area (TPSA) is 0 Å². The quantitative estimate of drug-likeness (QED) is 0.638. The fraction of sp³-hybridized carbons (Fsp3) is 0.100. The van der Waals surface area contributed by atoms with Gasteiger partial charge in [-0.25, -0.2) is 0 Å². The first-order valence-corrected chi connectivity index (χ1v) is 8.58. The molecule has 0 aromatic heterocycles. The van der Waals surface area contributed by atoms with Crippen molar-refractivity contribution in [1.82, 2.24) is 0 Å². The minimum Gasteiger partial charge on any atom is -0.0622 e. The van der Waals surface area contributed by atoms with Crippen molar-refractivity contribution in [2.75, 3.05) is 0 Å². The predicted molar refractivity (Wildman–Crippen MR) is 94.6 cm³/mol. The number of benzene rings is 3. The van der Waals surface area contributed by atoms with E-state index in [-0.39, 0.29) is 0 Å². The lowest BCUT2D eigenvalue weighted by Crippen LogP contribution is -2.24. The van der Waals surface area contributed by atoms with E-state index in [2.05, 4.69) is 92.7 Å². The van der Waals surface area contributed by atoms with Gasteiger partial charge >= 0.3 is 0 Å². The molecular formula is C20H19P. The Bertz CT molecular complexity index is 658. The van der Waals surface area contributed by atoms with Gasteiger partial charge in [0.25, 0.3) is 0 Å². The first-order valence-electron chi connectivity index (χ1n) is 7.24. The van der Waals surface area contributed by atoms with Gasteiger partial charge in [0.05, 0.1) is 0 Å². The van der Waals surface area contributed by atoms with E-state index in [4.69, 9.17) is 0 Å². The van der Waals surface area contributed by atoms with Crippen LogP contribution in [0.15, 0.2) is 78.9 Å². The van der Waals surface area contributed by atoms with Crippen LogP contribution in [0.5, 0.6) is 0 Å². The maximum atomic E-state index is 2.25. The van der Waals surface area contributed by atoms with Gasteiger partial charge < -0.3 is 0 Å². The largest absolute Gasteiger partial charge is 0.0622 e. The van der Waals surface area contributed by atoms with Crippen molar-refractivity contribution in [3.63, 3.8) is 0 Å². The molecule has 104 valence electrons. The predicted octanol–water partition coefficient (Wildman–Crippen LogP) is 4.06. The van der Waals surface area contributed by atoms with E-state index in [1.54, 1.807) is 0 Å². The molecule has 0 saturated carbocycles. The first-order chi connectivity index (χ1) is 10.3. The highest BCUT2D eigenvalue weighted by atomic mass is 31.1. The highest BCUT2D eigenvalue weighted by Crippen LogP contribution is 2.35. The Balaban J connectivity index is 2.23. The van der Waals surface area contributed by atoms with Gasteiger partial charge in [-0.05, 0) is 48.8 Å². The lowest BCUT2D eigenvalue weighted by atomic mass is 10.2. The molecule has 0 N–H and O–H groups in total. The van der Waals surface area contributed by atoms with Crippen molar-refractivity contribution < 1.29 is 0 Å². The van der Waals surface area contributed by atoms with Crippen LogP contribution < -0.4 is 15.9 Å². The number of rotatable bonds is 3. The van der Waals surface area contributed by atoms with Crippen LogP contribution in [0.4, 0.5) is 0 Å². The van der Waals surface area contributed by atoms with E-state index >= 15 is 0 Å². The lowest BCUT2D eigenvalue weighted by Gasteiger charge is -2.23. The second-order valence-corrected chi connectivity index (χ2v) is 7.40. The van der Waals surface area contributed by atoms with E-state index < -0.39 is 7.92 Å². The molecule has 3 aromatic carbocycles. The third-order valence-electron chi connectivity index (χ3n) is 3.69. The van der Waals surface area contributed by atoms with Crippen molar-refractivity contribution in [2.24, 2.45) is 0 Å². The summed E-state index contributed by atoms with van der Waals surface area (Å²) in [6.45, 7) is 4.45. The number of hydrogen-bond acceptors (Lipinski definition) is 0. The summed E-state index contributed by atoms with van der Waals surface area (Å²) in [4.78, 5) is 0. The molecule has 0 aliphatic heterocycles. The summed E-state index contributed by atoms with van der Waals surface area (Å²) in [5.74, 6) is 0. The summed E-state index contributed by atoms with van der Waals surface area (Å²) in [5.41, 5.74) is 2.77. The van der Waals surface area contributed by atoms with Crippen molar-refractivity contribution in [2.45, 2.75) is 13.8 Å². The van der Waals surface area contributed by atoms with Crippen molar-refractivity contribution >= 4 is 23.8 Å². The molecule has 3 rings (SSSR count). The van der Waals surface area contributed by atoms with Gasteiger partial charge in [-0.2, -0.15) is 0 Å². The zero-order valence-electron chi connectivity index (χ0n) is 12.5. The van der Waals surface area contributed by atoms with Crippen LogP contribution in [0.3, 0.4) is 0 Å². The molecule has 0 atom stereocenters. The van der Waals surface area contributed by atoms with E-state index in [1.807, 2.05) is 0 Å². The Labute approximate surface area is 128 Å². The maximum absolute atomic E-state index is 2.25. The van der Waals surface area contributed by atoms with Gasteiger partial charge in [-0.15, -0.1) is 0 Å². The second-order valence-electron chi connectivity index (χ2n) is 5.25. The fourth-order valence-corrected chi connectivity index (χ4v) is 5.33. The van der Waals surface area contributed by atoms with E-state index in [9.17, 15) is 0 Å². The molecule has 0 saturated heterocycles. The molecule has 0 nitrogen and oxygen atoms in total. The summed E-state index contributed by atoms with van der Waals surface area (Å²) in [5, 5.41) is 4.32. The van der Waals surface area contributed by atoms with Crippen LogP contribution in [-0.4, -0.2) is 0 Å². The second kappa shape index (κ2) is 6.24. The molecule has 0 spiro atoms. The van der Waals surface area contributed by atoms with Crippen molar-refractivity contribution in [3.8, 4) is 0 Å². The minimum atomic E-state index is -0.488. The highest BCUT2D eigenvalue weighted by Gasteiger charge is 2.19. The van der Waals surface area contributed by atoms with Crippen molar-refractivity contribution in [3.05, 3.63) is 90.0 Å². The number of hydrogen-bond donors (Lipinski definition) is 0. The maximum Gasteiger partial charge on any atom is -0.00926 e. The van der Waals surface area contributed by atoms with E-state index in [0.717, 1.165) is 0 Å². The van der Waals surface area contributed by atoms with Crippen LogP contribution in [0.2, 0.25) is 0 Å². The van der Waals surface area contributed by atoms with E-state index in [0.29, 0.717) is 0 Å². The Kier molecular flexibility index (Phi) is 4.18. The Hall–Kier alpha value is -1.91. The third-order valence-corrected chi connectivity index (χ3v) is 6.47. The van der Waals surface area contributed by atoms with Crippen LogP contribution in [0.1, 0.15) is 11.1 Å². The van der Waals surface area contributed by atoms with Crippen LogP contribution in [0, 0.1) is 13.8 Å². The molecule has 0 radical (unpaired) electrons. The van der Waals surface area contributed by atoms with Crippen LogP contribution in [-0.2, 0) is 0 Å².